The minimum absolute atomic E-state index is 0.0141. The number of para-hydroxylation sites is 2. The molecule has 0 saturated carbocycles. The quantitative estimate of drug-likeness (QED) is 0.594. The van der Waals surface area contributed by atoms with Gasteiger partial charge in [0.15, 0.2) is 0 Å². The lowest BCUT2D eigenvalue weighted by atomic mass is 10.0. The van der Waals surface area contributed by atoms with Crippen LogP contribution in [0.15, 0.2) is 78.9 Å². The highest BCUT2D eigenvalue weighted by atomic mass is 16.5. The van der Waals surface area contributed by atoms with Gasteiger partial charge in [-0.25, -0.2) is 0 Å². The number of rotatable bonds is 7. The van der Waals surface area contributed by atoms with Crippen molar-refractivity contribution in [3.05, 3.63) is 84.4 Å². The van der Waals surface area contributed by atoms with E-state index in [1.165, 1.54) is 11.3 Å². The van der Waals surface area contributed by atoms with Gasteiger partial charge in [0.1, 0.15) is 0 Å². The van der Waals surface area contributed by atoms with Crippen molar-refractivity contribution < 1.29 is 9.53 Å². The fraction of sp³-hybridized carbons (Fsp3) is 0.296. The van der Waals surface area contributed by atoms with Crippen molar-refractivity contribution in [1.82, 2.24) is 4.90 Å². The average Bonchev–Trinajstić information content (AvgIpc) is 2.85. The van der Waals surface area contributed by atoms with E-state index in [4.69, 9.17) is 4.74 Å². The molecule has 1 aliphatic heterocycles. The number of anilines is 2. The van der Waals surface area contributed by atoms with E-state index < -0.39 is 0 Å². The van der Waals surface area contributed by atoms with Gasteiger partial charge in [0, 0.05) is 36.6 Å². The van der Waals surface area contributed by atoms with Crippen molar-refractivity contribution in [2.75, 3.05) is 43.6 Å². The topological polar surface area (TPSA) is 44.8 Å². The number of carbonyl (C=O) groups is 1. The highest BCUT2D eigenvalue weighted by Gasteiger charge is 2.21. The Kier molecular flexibility index (Phi) is 7.20. The second-order valence-electron chi connectivity index (χ2n) is 8.22. The summed E-state index contributed by atoms with van der Waals surface area (Å²) in [5.74, 6) is -0.0141. The third-order valence-corrected chi connectivity index (χ3v) is 6.07. The van der Waals surface area contributed by atoms with Crippen LogP contribution in [0.4, 0.5) is 11.4 Å². The lowest BCUT2D eigenvalue weighted by Crippen LogP contribution is -2.40. The number of hydrogen-bond acceptors (Lipinski definition) is 4. The van der Waals surface area contributed by atoms with Crippen LogP contribution in [0.5, 0.6) is 0 Å². The number of benzene rings is 3. The first-order valence-electron chi connectivity index (χ1n) is 11.2. The fourth-order valence-electron chi connectivity index (χ4n) is 4.06. The number of nitrogens with zero attached hydrogens (tertiary/aromatic N) is 2. The number of nitrogens with one attached hydrogen (secondary N) is 1. The average molecular weight is 430 g/mol. The van der Waals surface area contributed by atoms with Crippen molar-refractivity contribution in [1.29, 1.82) is 0 Å². The lowest BCUT2D eigenvalue weighted by molar-refractivity contribution is -0.120. The minimum atomic E-state index is -0.281. The van der Waals surface area contributed by atoms with Gasteiger partial charge in [0.05, 0.1) is 19.3 Å². The summed E-state index contributed by atoms with van der Waals surface area (Å²) < 4.78 is 5.51. The predicted molar refractivity (Wildman–Crippen MR) is 131 cm³/mol. The minimum Gasteiger partial charge on any atom is -0.378 e. The van der Waals surface area contributed by atoms with E-state index in [2.05, 4.69) is 51.5 Å². The highest BCUT2D eigenvalue weighted by molar-refractivity contribution is 5.98. The highest BCUT2D eigenvalue weighted by Crippen LogP contribution is 2.28. The van der Waals surface area contributed by atoms with Crippen molar-refractivity contribution >= 4 is 17.3 Å². The van der Waals surface area contributed by atoms with Gasteiger partial charge in [-0.05, 0) is 37.2 Å². The zero-order valence-corrected chi connectivity index (χ0v) is 18.8. The summed E-state index contributed by atoms with van der Waals surface area (Å²) in [6.07, 6.45) is 0. The number of ether oxygens (including phenoxy) is 1. The van der Waals surface area contributed by atoms with E-state index in [9.17, 15) is 4.79 Å². The summed E-state index contributed by atoms with van der Waals surface area (Å²) in [5, 5.41) is 3.15. The lowest BCUT2D eigenvalue weighted by Gasteiger charge is -2.32. The van der Waals surface area contributed by atoms with Crippen LogP contribution < -0.4 is 10.2 Å². The molecule has 3 aromatic rings. The van der Waals surface area contributed by atoms with Gasteiger partial charge < -0.3 is 15.0 Å². The maximum absolute atomic E-state index is 13.1. The summed E-state index contributed by atoms with van der Waals surface area (Å²) in [6.45, 7) is 5.95. The Bertz CT molecular complexity index is 1030. The second-order valence-corrected chi connectivity index (χ2v) is 8.22. The number of hydrogen-bond donors (Lipinski definition) is 1. The van der Waals surface area contributed by atoms with E-state index >= 15 is 0 Å². The Morgan fingerprint density at radius 1 is 0.969 bits per heavy atom. The molecule has 1 N–H and O–H groups in total. The van der Waals surface area contributed by atoms with Crippen LogP contribution in [0.2, 0.25) is 0 Å². The Labute approximate surface area is 190 Å². The van der Waals surface area contributed by atoms with E-state index in [-0.39, 0.29) is 11.9 Å². The van der Waals surface area contributed by atoms with Crippen molar-refractivity contribution in [2.24, 2.45) is 0 Å². The Hall–Kier alpha value is -3.15. The molecule has 0 aromatic heterocycles. The third-order valence-electron chi connectivity index (χ3n) is 6.07. The summed E-state index contributed by atoms with van der Waals surface area (Å²) in [7, 11) is 2.00. The molecule has 5 heteroatoms. The van der Waals surface area contributed by atoms with E-state index in [0.717, 1.165) is 43.1 Å². The number of amides is 1. The first kappa shape index (κ1) is 22.1. The molecular formula is C27H31N3O2. The molecule has 0 bridgehead atoms. The largest absolute Gasteiger partial charge is 0.378 e. The molecule has 5 nitrogen and oxygen atoms in total. The molecule has 0 aliphatic carbocycles. The standard InChI is InChI=1S/C27H31N3O2/c1-21(27(31)28-25-14-8-7-13-24(25)22-10-4-3-5-11-22)29(2)20-23-12-6-9-15-26(23)30-16-18-32-19-17-30/h3-15,21H,16-20H2,1-2H3,(H,28,31)/t21-/m1/s1. The molecule has 0 spiro atoms. The molecule has 32 heavy (non-hydrogen) atoms. The van der Waals surface area contributed by atoms with Gasteiger partial charge in [0.2, 0.25) is 5.91 Å². The molecule has 0 radical (unpaired) electrons. The van der Waals surface area contributed by atoms with Crippen LogP contribution in [-0.4, -0.2) is 50.2 Å². The molecule has 1 atom stereocenters. The van der Waals surface area contributed by atoms with Gasteiger partial charge in [0.25, 0.3) is 0 Å². The molecule has 1 saturated heterocycles. The van der Waals surface area contributed by atoms with Gasteiger partial charge in [-0.15, -0.1) is 0 Å². The fourth-order valence-corrected chi connectivity index (χ4v) is 4.06. The maximum Gasteiger partial charge on any atom is 0.241 e. The maximum atomic E-state index is 13.1. The Morgan fingerprint density at radius 2 is 1.62 bits per heavy atom. The summed E-state index contributed by atoms with van der Waals surface area (Å²) in [5.41, 5.74) is 5.39. The number of likely N-dealkylation sites (N-methyl/N-ethyl adjacent to an activating group) is 1. The first-order valence-corrected chi connectivity index (χ1v) is 11.2. The summed E-state index contributed by atoms with van der Waals surface area (Å²) >= 11 is 0. The van der Waals surface area contributed by atoms with Crippen LogP contribution in [0, 0.1) is 0 Å². The van der Waals surface area contributed by atoms with Gasteiger partial charge in [-0.3, -0.25) is 9.69 Å². The molecular weight excluding hydrogens is 398 g/mol. The predicted octanol–water partition coefficient (Wildman–Crippen LogP) is 4.65. The smallest absolute Gasteiger partial charge is 0.241 e. The molecule has 0 unspecified atom stereocenters. The number of carbonyl (C=O) groups excluding carboxylic acids is 1. The third kappa shape index (κ3) is 5.18. The van der Waals surface area contributed by atoms with Crippen LogP contribution in [0.3, 0.4) is 0 Å². The molecule has 166 valence electrons. The van der Waals surface area contributed by atoms with Crippen LogP contribution in [0.1, 0.15) is 12.5 Å². The SMILES string of the molecule is C[C@H](C(=O)Nc1ccccc1-c1ccccc1)N(C)Cc1ccccc1N1CCOCC1. The Balaban J connectivity index is 1.46. The van der Waals surface area contributed by atoms with Crippen LogP contribution in [0.25, 0.3) is 11.1 Å². The zero-order chi connectivity index (χ0) is 22.3. The summed E-state index contributed by atoms with van der Waals surface area (Å²) in [6, 6.07) is 26.3. The number of morpholine rings is 1. The zero-order valence-electron chi connectivity index (χ0n) is 18.8. The van der Waals surface area contributed by atoms with Crippen molar-refractivity contribution in [2.45, 2.75) is 19.5 Å². The van der Waals surface area contributed by atoms with Gasteiger partial charge in [-0.1, -0.05) is 66.7 Å². The van der Waals surface area contributed by atoms with Crippen LogP contribution in [-0.2, 0) is 16.1 Å². The molecule has 1 fully saturated rings. The van der Waals surface area contributed by atoms with Gasteiger partial charge in [-0.2, -0.15) is 0 Å². The second kappa shape index (κ2) is 10.4. The molecule has 4 rings (SSSR count). The van der Waals surface area contributed by atoms with Crippen molar-refractivity contribution in [3.63, 3.8) is 0 Å². The normalized spacial score (nSPS) is 14.9. The Morgan fingerprint density at radius 3 is 2.41 bits per heavy atom. The molecule has 1 aliphatic rings. The summed E-state index contributed by atoms with van der Waals surface area (Å²) in [4.78, 5) is 17.6. The van der Waals surface area contributed by atoms with E-state index in [1.807, 2.05) is 56.4 Å². The van der Waals surface area contributed by atoms with E-state index in [0.29, 0.717) is 6.54 Å². The van der Waals surface area contributed by atoms with Crippen molar-refractivity contribution in [3.8, 4) is 11.1 Å². The molecule has 1 heterocycles. The monoisotopic (exact) mass is 429 g/mol. The van der Waals surface area contributed by atoms with E-state index in [1.54, 1.807) is 0 Å². The first-order chi connectivity index (χ1) is 15.6. The molecule has 3 aromatic carbocycles. The van der Waals surface area contributed by atoms with Gasteiger partial charge >= 0.3 is 0 Å². The van der Waals surface area contributed by atoms with Crippen LogP contribution >= 0.6 is 0 Å². The molecule has 1 amide bonds.